The number of amides is 1. The highest BCUT2D eigenvalue weighted by Crippen LogP contribution is 2.39. The maximum atomic E-state index is 12.3. The van der Waals surface area contributed by atoms with E-state index in [1.165, 1.54) is 0 Å². The maximum absolute atomic E-state index is 12.3. The van der Waals surface area contributed by atoms with Crippen molar-refractivity contribution in [2.24, 2.45) is 11.8 Å². The van der Waals surface area contributed by atoms with Crippen LogP contribution in [-0.4, -0.2) is 35.4 Å². The summed E-state index contributed by atoms with van der Waals surface area (Å²) in [5.74, 6) is -8.35. The van der Waals surface area contributed by atoms with Gasteiger partial charge in [0.1, 0.15) is 0 Å². The predicted octanol–water partition coefficient (Wildman–Crippen LogP) is 2.10. The van der Waals surface area contributed by atoms with Crippen LogP contribution in [0.25, 0.3) is 0 Å². The molecule has 2 N–H and O–H groups in total. The molecule has 0 spiro atoms. The van der Waals surface area contributed by atoms with Gasteiger partial charge in [0.2, 0.25) is 11.8 Å². The van der Waals surface area contributed by atoms with Crippen molar-refractivity contribution in [3.05, 3.63) is 0 Å². The quantitative estimate of drug-likeness (QED) is 0.785. The number of carboxylic acid groups (broad SMARTS) is 1. The van der Waals surface area contributed by atoms with Crippen LogP contribution in [-0.2, 0) is 9.59 Å². The van der Waals surface area contributed by atoms with Gasteiger partial charge in [-0.2, -0.15) is 26.3 Å². The van der Waals surface area contributed by atoms with Crippen LogP contribution < -0.4 is 5.32 Å². The third-order valence-corrected chi connectivity index (χ3v) is 3.05. The second-order valence-electron chi connectivity index (χ2n) is 4.57. The first-order valence-electron chi connectivity index (χ1n) is 5.59. The van der Waals surface area contributed by atoms with E-state index in [2.05, 4.69) is 0 Å². The summed E-state index contributed by atoms with van der Waals surface area (Å²) >= 11 is 0. The van der Waals surface area contributed by atoms with Crippen molar-refractivity contribution < 1.29 is 41.0 Å². The van der Waals surface area contributed by atoms with E-state index in [9.17, 15) is 35.9 Å². The normalized spacial score (nSPS) is 23.9. The van der Waals surface area contributed by atoms with Crippen LogP contribution in [0.2, 0.25) is 0 Å². The number of alkyl halides is 6. The lowest BCUT2D eigenvalue weighted by molar-refractivity contribution is -0.274. The van der Waals surface area contributed by atoms with Gasteiger partial charge in [-0.05, 0) is 19.3 Å². The van der Waals surface area contributed by atoms with Gasteiger partial charge in [0.15, 0.2) is 0 Å². The van der Waals surface area contributed by atoms with Gasteiger partial charge in [-0.25, -0.2) is 0 Å². The van der Waals surface area contributed by atoms with E-state index in [1.54, 1.807) is 5.32 Å². The Bertz CT molecular complexity index is 377. The molecule has 0 aromatic carbocycles. The van der Waals surface area contributed by atoms with Crippen LogP contribution in [0, 0.1) is 11.8 Å². The topological polar surface area (TPSA) is 66.4 Å². The third kappa shape index (κ3) is 4.01. The first kappa shape index (κ1) is 16.6. The van der Waals surface area contributed by atoms with E-state index in [0.29, 0.717) is 0 Å². The third-order valence-electron chi connectivity index (χ3n) is 3.05. The van der Waals surface area contributed by atoms with E-state index in [-0.39, 0.29) is 19.3 Å². The summed E-state index contributed by atoms with van der Waals surface area (Å²) in [5.41, 5.74) is 0. The Morgan fingerprint density at radius 1 is 1.05 bits per heavy atom. The van der Waals surface area contributed by atoms with Gasteiger partial charge in [0.25, 0.3) is 0 Å². The summed E-state index contributed by atoms with van der Waals surface area (Å²) in [5, 5.41) is 10.3. The number of halogens is 6. The van der Waals surface area contributed by atoms with E-state index < -0.39 is 42.1 Å². The molecule has 0 radical (unpaired) electrons. The van der Waals surface area contributed by atoms with Gasteiger partial charge in [-0.3, -0.25) is 9.59 Å². The Labute approximate surface area is 109 Å². The molecule has 10 heteroatoms. The largest absolute Gasteiger partial charge is 0.481 e. The van der Waals surface area contributed by atoms with Gasteiger partial charge < -0.3 is 10.4 Å². The highest BCUT2D eigenvalue weighted by Gasteiger charge is 2.61. The molecule has 0 saturated heterocycles. The van der Waals surface area contributed by atoms with Crippen molar-refractivity contribution in [2.75, 3.05) is 0 Å². The molecule has 4 nitrogen and oxygen atoms in total. The monoisotopic (exact) mass is 307 g/mol. The number of aliphatic carboxylic acids is 1. The lowest BCUT2D eigenvalue weighted by Gasteiger charge is -2.23. The van der Waals surface area contributed by atoms with Crippen molar-refractivity contribution in [1.29, 1.82) is 0 Å². The lowest BCUT2D eigenvalue weighted by Crippen LogP contribution is -2.50. The number of hydrogen-bond donors (Lipinski definition) is 2. The fourth-order valence-electron chi connectivity index (χ4n) is 2.10. The zero-order valence-electron chi connectivity index (χ0n) is 9.88. The van der Waals surface area contributed by atoms with Crippen molar-refractivity contribution in [3.8, 4) is 0 Å². The van der Waals surface area contributed by atoms with E-state index >= 15 is 0 Å². The standard InChI is InChI=1S/C10H11F6NO3/c11-9(12,13)6(10(14,15)16)7(18)17-5-2-1-4(3-5)8(19)20/h4-6H,1-3H2,(H,17,18)(H,19,20). The number of carboxylic acids is 1. The van der Waals surface area contributed by atoms with Gasteiger partial charge in [0.05, 0.1) is 5.92 Å². The van der Waals surface area contributed by atoms with Crippen LogP contribution in [0.4, 0.5) is 26.3 Å². The highest BCUT2D eigenvalue weighted by molar-refractivity contribution is 5.80. The number of hydrogen-bond acceptors (Lipinski definition) is 2. The molecule has 1 rings (SSSR count). The molecule has 0 aliphatic heterocycles. The first-order chi connectivity index (χ1) is 8.93. The van der Waals surface area contributed by atoms with E-state index in [4.69, 9.17) is 5.11 Å². The molecule has 116 valence electrons. The second-order valence-corrected chi connectivity index (χ2v) is 4.57. The zero-order chi connectivity index (χ0) is 15.7. The van der Waals surface area contributed by atoms with E-state index in [0.717, 1.165) is 0 Å². The molecule has 0 heterocycles. The summed E-state index contributed by atoms with van der Waals surface area (Å²) in [6.45, 7) is 0. The van der Waals surface area contributed by atoms with Gasteiger partial charge in [-0.1, -0.05) is 0 Å². The Hall–Kier alpha value is -1.48. The predicted molar refractivity (Wildman–Crippen MR) is 52.5 cm³/mol. The Morgan fingerprint density at radius 3 is 1.90 bits per heavy atom. The number of carbonyl (C=O) groups excluding carboxylic acids is 1. The number of rotatable bonds is 3. The molecular formula is C10H11F6NO3. The molecule has 2 atom stereocenters. The highest BCUT2D eigenvalue weighted by atomic mass is 19.4. The maximum Gasteiger partial charge on any atom is 0.409 e. The van der Waals surface area contributed by atoms with Crippen LogP contribution >= 0.6 is 0 Å². The average Bonchev–Trinajstić information content (AvgIpc) is 2.60. The molecule has 0 bridgehead atoms. The summed E-state index contributed by atoms with van der Waals surface area (Å²) in [4.78, 5) is 21.8. The second kappa shape index (κ2) is 5.49. The van der Waals surface area contributed by atoms with Gasteiger partial charge in [0, 0.05) is 6.04 Å². The van der Waals surface area contributed by atoms with Crippen molar-refractivity contribution >= 4 is 11.9 Å². The van der Waals surface area contributed by atoms with Crippen molar-refractivity contribution in [2.45, 2.75) is 37.7 Å². The van der Waals surface area contributed by atoms with Crippen molar-refractivity contribution in [1.82, 2.24) is 5.32 Å². The summed E-state index contributed by atoms with van der Waals surface area (Å²) in [7, 11) is 0. The van der Waals surface area contributed by atoms with Gasteiger partial charge in [-0.15, -0.1) is 0 Å². The molecular weight excluding hydrogens is 296 g/mol. The summed E-state index contributed by atoms with van der Waals surface area (Å²) in [6.07, 6.45) is -11.5. The average molecular weight is 307 g/mol. The Morgan fingerprint density at radius 2 is 1.55 bits per heavy atom. The lowest BCUT2D eigenvalue weighted by atomic mass is 10.1. The molecule has 1 saturated carbocycles. The molecule has 0 aromatic rings. The minimum absolute atomic E-state index is 0.0329. The fraction of sp³-hybridized carbons (Fsp3) is 0.800. The van der Waals surface area contributed by atoms with Crippen molar-refractivity contribution in [3.63, 3.8) is 0 Å². The van der Waals surface area contributed by atoms with Gasteiger partial charge >= 0.3 is 18.3 Å². The molecule has 0 aromatic heterocycles. The van der Waals surface area contributed by atoms with Crippen LogP contribution in [0.1, 0.15) is 19.3 Å². The Balaban J connectivity index is 2.72. The minimum Gasteiger partial charge on any atom is -0.481 e. The summed E-state index contributed by atoms with van der Waals surface area (Å²) in [6, 6.07) is -0.990. The molecule has 1 amide bonds. The number of nitrogens with one attached hydrogen (secondary N) is 1. The minimum atomic E-state index is -5.74. The number of carbonyl (C=O) groups is 2. The van der Waals surface area contributed by atoms with E-state index in [1.807, 2.05) is 0 Å². The molecule has 1 aliphatic rings. The van der Waals surface area contributed by atoms with Crippen LogP contribution in [0.5, 0.6) is 0 Å². The van der Waals surface area contributed by atoms with Crippen LogP contribution in [0.15, 0.2) is 0 Å². The molecule has 1 fully saturated rings. The molecule has 20 heavy (non-hydrogen) atoms. The molecule has 1 aliphatic carbocycles. The fourth-order valence-corrected chi connectivity index (χ4v) is 2.10. The SMILES string of the molecule is O=C(O)C1CCC(NC(=O)C(C(F)(F)F)C(F)(F)F)C1. The summed E-state index contributed by atoms with van der Waals surface area (Å²) < 4.78 is 73.6. The van der Waals surface area contributed by atoms with Crippen LogP contribution in [0.3, 0.4) is 0 Å². The zero-order valence-corrected chi connectivity index (χ0v) is 9.88. The molecule has 2 unspecified atom stereocenters. The Kier molecular flexibility index (Phi) is 4.55. The smallest absolute Gasteiger partial charge is 0.409 e. The first-order valence-corrected chi connectivity index (χ1v) is 5.59.